The summed E-state index contributed by atoms with van der Waals surface area (Å²) in [6.45, 7) is 1.28. The van der Waals surface area contributed by atoms with Gasteiger partial charge in [-0.3, -0.25) is 4.79 Å². The van der Waals surface area contributed by atoms with Gasteiger partial charge in [0.05, 0.1) is 5.02 Å². The topological polar surface area (TPSA) is 45.3 Å². The van der Waals surface area contributed by atoms with Gasteiger partial charge in [0.25, 0.3) is 5.91 Å². The molecule has 1 aliphatic heterocycles. The van der Waals surface area contributed by atoms with Crippen LogP contribution in [0.2, 0.25) is 5.02 Å². The number of hydrogen-bond donors (Lipinski definition) is 1. The number of ether oxygens (including phenoxy) is 1. The third kappa shape index (κ3) is 3.26. The van der Waals surface area contributed by atoms with Gasteiger partial charge in [-0.05, 0) is 24.3 Å². The molecule has 0 unspecified atom stereocenters. The molecule has 1 aliphatic rings. The average Bonchev–Trinajstić information content (AvgIpc) is 2.98. The third-order valence-corrected chi connectivity index (χ3v) is 5.27. The van der Waals surface area contributed by atoms with E-state index >= 15 is 0 Å². The summed E-state index contributed by atoms with van der Waals surface area (Å²) >= 11 is 9.48. The Labute approximate surface area is 158 Å². The Hall–Kier alpha value is -1.98. The molecule has 3 aromatic rings. The van der Waals surface area contributed by atoms with E-state index in [-0.39, 0.29) is 12.5 Å². The lowest BCUT2D eigenvalue weighted by Gasteiger charge is -2.27. The number of benzene rings is 2. The maximum Gasteiger partial charge on any atom is 0.260 e. The van der Waals surface area contributed by atoms with E-state index in [4.69, 9.17) is 16.3 Å². The molecule has 0 bridgehead atoms. The number of nitrogens with one attached hydrogen (secondary N) is 1. The molecular formula is C19H16BrClN2O2. The van der Waals surface area contributed by atoms with Crippen molar-refractivity contribution in [2.45, 2.75) is 13.0 Å². The van der Waals surface area contributed by atoms with Crippen molar-refractivity contribution in [1.29, 1.82) is 0 Å². The highest BCUT2D eigenvalue weighted by molar-refractivity contribution is 9.10. The molecule has 0 spiro atoms. The smallest absolute Gasteiger partial charge is 0.260 e. The van der Waals surface area contributed by atoms with Crippen molar-refractivity contribution in [3.63, 3.8) is 0 Å². The van der Waals surface area contributed by atoms with Gasteiger partial charge in [-0.2, -0.15) is 0 Å². The average molecular weight is 420 g/mol. The fourth-order valence-corrected chi connectivity index (χ4v) is 3.93. The number of para-hydroxylation sites is 1. The molecule has 0 atom stereocenters. The van der Waals surface area contributed by atoms with Crippen molar-refractivity contribution >= 4 is 44.3 Å². The fraction of sp³-hybridized carbons (Fsp3) is 0.211. The first-order valence-electron chi connectivity index (χ1n) is 8.06. The first-order valence-corrected chi connectivity index (χ1v) is 9.23. The standard InChI is InChI=1S/C19H16BrClN2O2/c20-12-5-6-18(15(21)9-12)25-11-19(24)23-8-7-17-14(10-23)13-3-1-2-4-16(13)22-17/h1-6,9,22H,7-8,10-11H2. The third-order valence-electron chi connectivity index (χ3n) is 4.48. The van der Waals surface area contributed by atoms with Gasteiger partial charge in [0.1, 0.15) is 5.75 Å². The van der Waals surface area contributed by atoms with Gasteiger partial charge in [0, 0.05) is 46.1 Å². The first kappa shape index (κ1) is 16.5. The highest BCUT2D eigenvalue weighted by atomic mass is 79.9. The van der Waals surface area contributed by atoms with Crippen molar-refractivity contribution < 1.29 is 9.53 Å². The summed E-state index contributed by atoms with van der Waals surface area (Å²) in [7, 11) is 0. The molecule has 2 heterocycles. The van der Waals surface area contributed by atoms with Crippen LogP contribution in [0.5, 0.6) is 5.75 Å². The summed E-state index contributed by atoms with van der Waals surface area (Å²) in [6.07, 6.45) is 0.828. The van der Waals surface area contributed by atoms with Crippen molar-refractivity contribution in [2.75, 3.05) is 13.2 Å². The number of halogens is 2. The first-order chi connectivity index (χ1) is 12.1. The van der Waals surface area contributed by atoms with Crippen LogP contribution in [-0.2, 0) is 17.8 Å². The Kier molecular flexibility index (Phi) is 4.44. The summed E-state index contributed by atoms with van der Waals surface area (Å²) in [5.74, 6) is 0.484. The van der Waals surface area contributed by atoms with Crippen LogP contribution in [0.15, 0.2) is 46.9 Å². The van der Waals surface area contributed by atoms with Gasteiger partial charge >= 0.3 is 0 Å². The molecule has 0 saturated heterocycles. The van der Waals surface area contributed by atoms with E-state index in [1.54, 1.807) is 12.1 Å². The van der Waals surface area contributed by atoms with E-state index in [1.165, 1.54) is 16.6 Å². The number of nitrogens with zero attached hydrogens (tertiary/aromatic N) is 1. The molecule has 4 rings (SSSR count). The van der Waals surface area contributed by atoms with Crippen LogP contribution in [0.3, 0.4) is 0 Å². The number of fused-ring (bicyclic) bond motifs is 3. The molecule has 0 radical (unpaired) electrons. The number of aromatic nitrogens is 1. The summed E-state index contributed by atoms with van der Waals surface area (Å²) in [4.78, 5) is 17.9. The largest absolute Gasteiger partial charge is 0.482 e. The van der Waals surface area contributed by atoms with Crippen molar-refractivity contribution in [3.05, 3.63) is 63.2 Å². The van der Waals surface area contributed by atoms with E-state index in [9.17, 15) is 4.79 Å². The zero-order valence-electron chi connectivity index (χ0n) is 13.4. The van der Waals surface area contributed by atoms with Crippen LogP contribution in [0, 0.1) is 0 Å². The van der Waals surface area contributed by atoms with Crippen molar-refractivity contribution in [3.8, 4) is 5.75 Å². The summed E-state index contributed by atoms with van der Waals surface area (Å²) in [5.41, 5.74) is 3.55. The summed E-state index contributed by atoms with van der Waals surface area (Å²) in [5, 5.41) is 1.67. The van der Waals surface area contributed by atoms with Crippen molar-refractivity contribution in [1.82, 2.24) is 9.88 Å². The molecular weight excluding hydrogens is 404 g/mol. The van der Waals surface area contributed by atoms with Crippen LogP contribution < -0.4 is 4.74 Å². The number of hydrogen-bond acceptors (Lipinski definition) is 2. The number of aromatic amines is 1. The van der Waals surface area contributed by atoms with Gasteiger partial charge in [0.2, 0.25) is 0 Å². The molecule has 2 aromatic carbocycles. The quantitative estimate of drug-likeness (QED) is 0.677. The van der Waals surface area contributed by atoms with E-state index in [1.807, 2.05) is 23.1 Å². The Morgan fingerprint density at radius 1 is 1.28 bits per heavy atom. The molecule has 4 nitrogen and oxygen atoms in total. The highest BCUT2D eigenvalue weighted by Gasteiger charge is 2.24. The molecule has 1 aromatic heterocycles. The summed E-state index contributed by atoms with van der Waals surface area (Å²) < 4.78 is 6.49. The molecule has 1 amide bonds. The van der Waals surface area contributed by atoms with E-state index in [0.29, 0.717) is 23.9 Å². The van der Waals surface area contributed by atoms with Crippen molar-refractivity contribution in [2.24, 2.45) is 0 Å². The Bertz CT molecular complexity index is 954. The normalized spacial score (nSPS) is 13.8. The van der Waals surface area contributed by atoms with Crippen LogP contribution in [0.25, 0.3) is 10.9 Å². The Morgan fingerprint density at radius 2 is 2.12 bits per heavy atom. The SMILES string of the molecule is O=C(COc1ccc(Br)cc1Cl)N1CCc2[nH]c3ccccc3c2C1. The lowest BCUT2D eigenvalue weighted by Crippen LogP contribution is -2.38. The second-order valence-corrected chi connectivity index (χ2v) is 7.38. The van der Waals surface area contributed by atoms with Gasteiger partial charge in [0.15, 0.2) is 6.61 Å². The van der Waals surface area contributed by atoms with Crippen LogP contribution >= 0.6 is 27.5 Å². The maximum absolute atomic E-state index is 12.6. The molecule has 6 heteroatoms. The van der Waals surface area contributed by atoms with Crippen LogP contribution in [-0.4, -0.2) is 28.9 Å². The van der Waals surface area contributed by atoms with E-state index in [2.05, 4.69) is 33.0 Å². The number of amides is 1. The lowest BCUT2D eigenvalue weighted by atomic mass is 10.0. The van der Waals surface area contributed by atoms with E-state index in [0.717, 1.165) is 16.4 Å². The summed E-state index contributed by atoms with van der Waals surface area (Å²) in [6, 6.07) is 13.5. The molecule has 25 heavy (non-hydrogen) atoms. The van der Waals surface area contributed by atoms with E-state index < -0.39 is 0 Å². The Balaban J connectivity index is 1.46. The zero-order valence-corrected chi connectivity index (χ0v) is 15.7. The lowest BCUT2D eigenvalue weighted by molar-refractivity contribution is -0.134. The molecule has 1 N–H and O–H groups in total. The molecule has 128 valence electrons. The highest BCUT2D eigenvalue weighted by Crippen LogP contribution is 2.29. The van der Waals surface area contributed by atoms with Crippen LogP contribution in [0.4, 0.5) is 0 Å². The van der Waals surface area contributed by atoms with Gasteiger partial charge in [-0.1, -0.05) is 45.7 Å². The fourth-order valence-electron chi connectivity index (χ4n) is 3.20. The predicted octanol–water partition coefficient (Wildman–Crippen LogP) is 4.55. The number of carbonyl (C=O) groups is 1. The zero-order chi connectivity index (χ0) is 17.4. The number of carbonyl (C=O) groups excluding carboxylic acids is 1. The van der Waals surface area contributed by atoms with Gasteiger partial charge < -0.3 is 14.6 Å². The second kappa shape index (κ2) is 6.73. The minimum atomic E-state index is -0.0325. The minimum absolute atomic E-state index is 0.0148. The maximum atomic E-state index is 12.6. The predicted molar refractivity (Wildman–Crippen MR) is 102 cm³/mol. The monoisotopic (exact) mass is 418 g/mol. The Morgan fingerprint density at radius 3 is 2.96 bits per heavy atom. The van der Waals surface area contributed by atoms with Crippen LogP contribution in [0.1, 0.15) is 11.3 Å². The van der Waals surface area contributed by atoms with Gasteiger partial charge in [-0.25, -0.2) is 0 Å². The number of H-pyrrole nitrogens is 1. The second-order valence-electron chi connectivity index (χ2n) is 6.06. The molecule has 0 saturated carbocycles. The minimum Gasteiger partial charge on any atom is -0.482 e. The molecule has 0 fully saturated rings. The van der Waals surface area contributed by atoms with Gasteiger partial charge in [-0.15, -0.1) is 0 Å². The molecule has 0 aliphatic carbocycles. The number of rotatable bonds is 3.